The van der Waals surface area contributed by atoms with Crippen LogP contribution in [0.1, 0.15) is 44.6 Å². The number of carbonyl (C=O) groups is 1. The summed E-state index contributed by atoms with van der Waals surface area (Å²) in [4.78, 5) is 11.5. The molecule has 0 aromatic heterocycles. The number of rotatable bonds is 15. The average Bonchev–Trinajstić information content (AvgIpc) is 2.63. The molecule has 0 heterocycles. The minimum absolute atomic E-state index is 0.0181. The Morgan fingerprint density at radius 2 is 1.93 bits per heavy atom. The molecular weight excluding hydrogens is 372 g/mol. The fraction of sp³-hybridized carbons (Fsp3) is 0.526. The van der Waals surface area contributed by atoms with Gasteiger partial charge in [-0.25, -0.2) is 4.18 Å². The highest BCUT2D eigenvalue weighted by atomic mass is 32.3. The van der Waals surface area contributed by atoms with Crippen LogP contribution < -0.4 is 4.74 Å². The van der Waals surface area contributed by atoms with E-state index < -0.39 is 23.3 Å². The van der Waals surface area contributed by atoms with E-state index in [1.807, 2.05) is 24.3 Å². The van der Waals surface area contributed by atoms with E-state index in [1.54, 1.807) is 0 Å². The van der Waals surface area contributed by atoms with Gasteiger partial charge in [0.05, 0.1) is 0 Å². The fourth-order valence-corrected chi connectivity index (χ4v) is 2.53. The monoisotopic (exact) mass is 400 g/mol. The smallest absolute Gasteiger partial charge is 0.399 e. The van der Waals surface area contributed by atoms with Crippen LogP contribution in [0.15, 0.2) is 36.9 Å². The molecule has 0 radical (unpaired) electrons. The van der Waals surface area contributed by atoms with Gasteiger partial charge in [-0.2, -0.15) is 8.42 Å². The molecule has 0 aliphatic carbocycles. The summed E-state index contributed by atoms with van der Waals surface area (Å²) in [6.07, 6.45) is 6.20. The molecule has 1 aromatic rings. The van der Waals surface area contributed by atoms with E-state index in [4.69, 9.17) is 14.0 Å². The summed E-state index contributed by atoms with van der Waals surface area (Å²) in [6.45, 7) is 4.87. The van der Waals surface area contributed by atoms with Crippen LogP contribution in [0.2, 0.25) is 0 Å². The van der Waals surface area contributed by atoms with Crippen LogP contribution in [0.4, 0.5) is 0 Å². The molecule has 27 heavy (non-hydrogen) atoms. The van der Waals surface area contributed by atoms with Crippen LogP contribution >= 0.6 is 0 Å². The van der Waals surface area contributed by atoms with Gasteiger partial charge in [-0.1, -0.05) is 44.9 Å². The lowest BCUT2D eigenvalue weighted by Gasteiger charge is -2.17. The summed E-state index contributed by atoms with van der Waals surface area (Å²) in [5.41, 5.74) is 1.23. The summed E-state index contributed by atoms with van der Waals surface area (Å²) >= 11 is 0. The fourth-order valence-electron chi connectivity index (χ4n) is 2.36. The predicted octanol–water partition coefficient (Wildman–Crippen LogP) is 3.50. The number of hydrogen-bond donors (Lipinski definition) is 1. The van der Waals surface area contributed by atoms with Gasteiger partial charge >= 0.3 is 10.4 Å². The van der Waals surface area contributed by atoms with Crippen LogP contribution in [0.5, 0.6) is 5.75 Å². The maximum Gasteiger partial charge on any atom is 0.399 e. The number of hydrogen-bond acceptors (Lipinski definition) is 6. The standard InChI is InChI=1S/C19H28O7S/c1-3-5-6-7-8-16-9-11-18(12-10-16)24-14-19(13-17(20)4-2)25-15-26-27(21,22)23/h4,9-12,19H,2-3,5-8,13-15H2,1H3,(H,21,22,23). The lowest BCUT2D eigenvalue weighted by Crippen LogP contribution is -2.26. The summed E-state index contributed by atoms with van der Waals surface area (Å²) in [5.74, 6) is 0.334. The number of carbonyl (C=O) groups excluding carboxylic acids is 1. The van der Waals surface area contributed by atoms with Gasteiger partial charge in [-0.3, -0.25) is 9.35 Å². The Balaban J connectivity index is 2.49. The molecule has 1 unspecified atom stereocenters. The average molecular weight is 400 g/mol. The molecule has 0 fully saturated rings. The van der Waals surface area contributed by atoms with Crippen LogP contribution in [-0.4, -0.2) is 38.3 Å². The molecule has 1 N–H and O–H groups in total. The summed E-state index contributed by atoms with van der Waals surface area (Å²) in [6, 6.07) is 7.67. The zero-order valence-corrected chi connectivity index (χ0v) is 16.4. The number of ketones is 1. The Kier molecular flexibility index (Phi) is 10.9. The molecule has 7 nitrogen and oxygen atoms in total. The normalized spacial score (nSPS) is 12.5. The Bertz CT molecular complexity index is 668. The molecule has 0 bridgehead atoms. The lowest BCUT2D eigenvalue weighted by atomic mass is 10.1. The lowest BCUT2D eigenvalue weighted by molar-refractivity contribution is -0.120. The molecule has 0 aliphatic rings. The van der Waals surface area contributed by atoms with E-state index in [0.717, 1.165) is 18.9 Å². The molecule has 0 aliphatic heterocycles. The van der Waals surface area contributed by atoms with Gasteiger partial charge in [-0.15, -0.1) is 0 Å². The molecule has 0 amide bonds. The Labute approximate surface area is 161 Å². The summed E-state index contributed by atoms with van der Waals surface area (Å²) in [5, 5.41) is 0. The van der Waals surface area contributed by atoms with Crippen molar-refractivity contribution in [1.82, 2.24) is 0 Å². The summed E-state index contributed by atoms with van der Waals surface area (Å²) in [7, 11) is -4.61. The highest BCUT2D eigenvalue weighted by Gasteiger charge is 2.16. The van der Waals surface area contributed by atoms with Gasteiger partial charge < -0.3 is 9.47 Å². The zero-order chi connectivity index (χ0) is 20.1. The van der Waals surface area contributed by atoms with Crippen molar-refractivity contribution in [3.63, 3.8) is 0 Å². The molecule has 8 heteroatoms. The first kappa shape index (κ1) is 23.3. The maximum absolute atomic E-state index is 11.5. The van der Waals surface area contributed by atoms with Gasteiger partial charge in [0.1, 0.15) is 18.5 Å². The van der Waals surface area contributed by atoms with Crippen LogP contribution in [0.25, 0.3) is 0 Å². The van der Waals surface area contributed by atoms with E-state index in [-0.39, 0.29) is 18.8 Å². The van der Waals surface area contributed by atoms with Gasteiger partial charge in [0.2, 0.25) is 0 Å². The van der Waals surface area contributed by atoms with Gasteiger partial charge in [0.15, 0.2) is 12.6 Å². The zero-order valence-electron chi connectivity index (χ0n) is 15.6. The van der Waals surface area contributed by atoms with Crippen LogP contribution in [0, 0.1) is 0 Å². The molecule has 1 atom stereocenters. The minimum atomic E-state index is -4.61. The SMILES string of the molecule is C=CC(=O)CC(COc1ccc(CCCCCC)cc1)OCOS(=O)(=O)O. The van der Waals surface area contributed by atoms with E-state index in [2.05, 4.69) is 17.7 Å². The van der Waals surface area contributed by atoms with Crippen molar-refractivity contribution >= 4 is 16.2 Å². The first-order chi connectivity index (χ1) is 12.8. The predicted molar refractivity (Wildman–Crippen MR) is 102 cm³/mol. The molecule has 1 rings (SSSR count). The molecule has 0 spiro atoms. The van der Waals surface area contributed by atoms with Gasteiger partial charge in [-0.05, 0) is 36.6 Å². The van der Waals surface area contributed by atoms with Crippen molar-refractivity contribution in [2.45, 2.75) is 51.6 Å². The number of allylic oxidation sites excluding steroid dienone is 1. The topological polar surface area (TPSA) is 99.1 Å². The molecule has 0 saturated carbocycles. The molecule has 0 saturated heterocycles. The van der Waals surface area contributed by atoms with E-state index in [1.165, 1.54) is 24.8 Å². The highest BCUT2D eigenvalue weighted by Crippen LogP contribution is 2.16. The third-order valence-electron chi connectivity index (χ3n) is 3.84. The Morgan fingerprint density at radius 3 is 2.52 bits per heavy atom. The first-order valence-corrected chi connectivity index (χ1v) is 10.3. The van der Waals surface area contributed by atoms with Gasteiger partial charge in [0.25, 0.3) is 0 Å². The van der Waals surface area contributed by atoms with Crippen molar-refractivity contribution in [1.29, 1.82) is 0 Å². The first-order valence-electron chi connectivity index (χ1n) is 8.94. The van der Waals surface area contributed by atoms with Crippen molar-refractivity contribution in [2.24, 2.45) is 0 Å². The number of aryl methyl sites for hydroxylation is 1. The second-order valence-corrected chi connectivity index (χ2v) is 7.18. The highest BCUT2D eigenvalue weighted by molar-refractivity contribution is 7.80. The molecular formula is C19H28O7S. The van der Waals surface area contributed by atoms with Crippen molar-refractivity contribution in [2.75, 3.05) is 13.4 Å². The Morgan fingerprint density at radius 1 is 1.22 bits per heavy atom. The number of benzene rings is 1. The maximum atomic E-state index is 11.5. The third kappa shape index (κ3) is 11.6. The second kappa shape index (κ2) is 12.6. The third-order valence-corrected chi connectivity index (χ3v) is 4.23. The van der Waals surface area contributed by atoms with E-state index in [9.17, 15) is 13.2 Å². The Hall–Kier alpha value is -1.74. The van der Waals surface area contributed by atoms with Crippen molar-refractivity contribution in [3.8, 4) is 5.75 Å². The molecule has 1 aromatic carbocycles. The van der Waals surface area contributed by atoms with E-state index >= 15 is 0 Å². The summed E-state index contributed by atoms with van der Waals surface area (Å²) < 4.78 is 44.5. The van der Waals surface area contributed by atoms with Crippen LogP contribution in [-0.2, 0) is 30.5 Å². The number of unbranched alkanes of at least 4 members (excludes halogenated alkanes) is 3. The molecule has 152 valence electrons. The van der Waals surface area contributed by atoms with Crippen molar-refractivity contribution < 1.29 is 31.4 Å². The quantitative estimate of drug-likeness (QED) is 0.208. The second-order valence-electron chi connectivity index (χ2n) is 6.09. The minimum Gasteiger partial charge on any atom is -0.491 e. The van der Waals surface area contributed by atoms with E-state index in [0.29, 0.717) is 5.75 Å². The number of ether oxygens (including phenoxy) is 2. The van der Waals surface area contributed by atoms with Crippen molar-refractivity contribution in [3.05, 3.63) is 42.5 Å². The van der Waals surface area contributed by atoms with Crippen LogP contribution in [0.3, 0.4) is 0 Å². The van der Waals surface area contributed by atoms with Gasteiger partial charge in [0, 0.05) is 6.42 Å². The largest absolute Gasteiger partial charge is 0.491 e.